The molecule has 0 bridgehead atoms. The number of nitrogens with zero attached hydrogens (tertiary/aromatic N) is 4. The lowest BCUT2D eigenvalue weighted by atomic mass is 10.0. The second kappa shape index (κ2) is 10.9. The predicted octanol–water partition coefficient (Wildman–Crippen LogP) is 4.51. The van der Waals surface area contributed by atoms with Crippen molar-refractivity contribution < 1.29 is 14.3 Å². The first-order chi connectivity index (χ1) is 20.0. The van der Waals surface area contributed by atoms with E-state index in [4.69, 9.17) is 4.74 Å². The number of hydrogen-bond donors (Lipinski definition) is 1. The third kappa shape index (κ3) is 4.73. The molecule has 208 valence electrons. The molecule has 0 atom stereocenters. The molecule has 1 amide bonds. The number of carbonyl (C=O) groups is 2. The molecule has 41 heavy (non-hydrogen) atoms. The number of Topliss-reactive ketones (excluding diaryl/α,β-unsaturated/α-hetero) is 1. The van der Waals surface area contributed by atoms with Gasteiger partial charge in [-0.15, -0.1) is 0 Å². The van der Waals surface area contributed by atoms with Gasteiger partial charge in [-0.25, -0.2) is 0 Å². The van der Waals surface area contributed by atoms with Crippen molar-refractivity contribution in [1.29, 1.82) is 0 Å². The van der Waals surface area contributed by atoms with Crippen LogP contribution in [-0.2, 0) is 6.54 Å². The van der Waals surface area contributed by atoms with E-state index in [0.29, 0.717) is 16.6 Å². The van der Waals surface area contributed by atoms with Crippen LogP contribution in [0.15, 0.2) is 83.9 Å². The summed E-state index contributed by atoms with van der Waals surface area (Å²) in [5.41, 5.74) is 2.62. The van der Waals surface area contributed by atoms with Gasteiger partial charge >= 0.3 is 0 Å². The standard InChI is InChI=1S/C32H31N5O4/c1-35(22-14-18-36(19-15-22)23-12-16-33-17-13-23)32(40)29-30(41-2)27-28(34-29)24-10-6-7-11-25(24)37(31(27)39)20-26(38)21-8-4-3-5-9-21/h3-13,16-17,22,34H,14-15,18-20H2,1-2H3. The maximum Gasteiger partial charge on any atom is 0.274 e. The van der Waals surface area contributed by atoms with E-state index in [0.717, 1.165) is 37.0 Å². The highest BCUT2D eigenvalue weighted by atomic mass is 16.5. The summed E-state index contributed by atoms with van der Waals surface area (Å²) < 4.78 is 7.18. The summed E-state index contributed by atoms with van der Waals surface area (Å²) in [6.45, 7) is 1.51. The molecule has 0 unspecified atom stereocenters. The highest BCUT2D eigenvalue weighted by Gasteiger charge is 2.31. The molecule has 0 saturated carbocycles. The van der Waals surface area contributed by atoms with Crippen LogP contribution in [0.4, 0.5) is 5.69 Å². The minimum Gasteiger partial charge on any atom is -0.493 e. The zero-order valence-electron chi connectivity index (χ0n) is 23.0. The summed E-state index contributed by atoms with van der Waals surface area (Å²) in [5, 5.41) is 0.991. The van der Waals surface area contributed by atoms with Crippen LogP contribution in [-0.4, -0.2) is 64.4 Å². The van der Waals surface area contributed by atoms with Crippen molar-refractivity contribution in [2.24, 2.45) is 0 Å². The number of rotatable bonds is 7. The van der Waals surface area contributed by atoms with Gasteiger partial charge in [-0.3, -0.25) is 23.9 Å². The van der Waals surface area contributed by atoms with Gasteiger partial charge in [0.15, 0.2) is 11.5 Å². The molecule has 1 aliphatic rings. The van der Waals surface area contributed by atoms with E-state index in [1.54, 1.807) is 48.6 Å². The first-order valence-electron chi connectivity index (χ1n) is 13.7. The zero-order chi connectivity index (χ0) is 28.5. The lowest BCUT2D eigenvalue weighted by Crippen LogP contribution is -2.45. The van der Waals surface area contributed by atoms with Gasteiger partial charge in [0, 0.05) is 55.2 Å². The molecular formula is C32H31N5O4. The fourth-order valence-electron chi connectivity index (χ4n) is 5.83. The van der Waals surface area contributed by atoms with E-state index in [2.05, 4.69) is 14.9 Å². The molecule has 9 heteroatoms. The summed E-state index contributed by atoms with van der Waals surface area (Å²) in [6.07, 6.45) is 5.19. The van der Waals surface area contributed by atoms with Crippen LogP contribution < -0.4 is 15.2 Å². The van der Waals surface area contributed by atoms with Crippen LogP contribution in [0.2, 0.25) is 0 Å². The fraction of sp³-hybridized carbons (Fsp3) is 0.250. The van der Waals surface area contributed by atoms with Gasteiger partial charge in [-0.1, -0.05) is 48.5 Å². The molecular weight excluding hydrogens is 518 g/mol. The lowest BCUT2D eigenvalue weighted by molar-refractivity contribution is 0.0700. The van der Waals surface area contributed by atoms with Crippen LogP contribution in [0.5, 0.6) is 5.75 Å². The van der Waals surface area contributed by atoms with E-state index >= 15 is 0 Å². The van der Waals surface area contributed by atoms with Crippen molar-refractivity contribution in [3.8, 4) is 5.75 Å². The Hall–Kier alpha value is -4.92. The van der Waals surface area contributed by atoms with E-state index in [1.807, 2.05) is 42.5 Å². The van der Waals surface area contributed by atoms with Crippen LogP contribution in [0, 0.1) is 0 Å². The highest BCUT2D eigenvalue weighted by Crippen LogP contribution is 2.34. The molecule has 9 nitrogen and oxygen atoms in total. The average molecular weight is 550 g/mol. The number of H-pyrrole nitrogens is 1. The largest absolute Gasteiger partial charge is 0.493 e. The summed E-state index contributed by atoms with van der Waals surface area (Å²) in [6, 6.07) is 20.3. The molecule has 4 heterocycles. The van der Waals surface area contributed by atoms with Crippen molar-refractivity contribution in [3.05, 3.63) is 101 Å². The number of anilines is 1. The Morgan fingerprint density at radius 2 is 1.68 bits per heavy atom. The summed E-state index contributed by atoms with van der Waals surface area (Å²) in [7, 11) is 3.26. The lowest BCUT2D eigenvalue weighted by Gasteiger charge is -2.37. The van der Waals surface area contributed by atoms with Crippen LogP contribution in [0.25, 0.3) is 21.8 Å². The quantitative estimate of drug-likeness (QED) is 0.300. The molecule has 6 rings (SSSR count). The van der Waals surface area contributed by atoms with E-state index in [1.165, 1.54) is 11.7 Å². The zero-order valence-corrected chi connectivity index (χ0v) is 23.0. The number of carbonyl (C=O) groups excluding carboxylic acids is 2. The Morgan fingerprint density at radius 1 is 1.00 bits per heavy atom. The van der Waals surface area contributed by atoms with Gasteiger partial charge in [0.2, 0.25) is 0 Å². The normalized spacial score (nSPS) is 14.0. The van der Waals surface area contributed by atoms with Gasteiger partial charge in [-0.05, 0) is 31.0 Å². The van der Waals surface area contributed by atoms with Gasteiger partial charge < -0.3 is 19.5 Å². The third-order valence-corrected chi connectivity index (χ3v) is 8.05. The highest BCUT2D eigenvalue weighted by molar-refractivity contribution is 6.11. The molecule has 1 aliphatic heterocycles. The van der Waals surface area contributed by atoms with E-state index in [9.17, 15) is 14.4 Å². The number of pyridine rings is 2. The molecule has 0 spiro atoms. The number of ketones is 1. The second-order valence-corrected chi connectivity index (χ2v) is 10.3. The maximum absolute atomic E-state index is 13.9. The number of ether oxygens (including phenoxy) is 1. The summed E-state index contributed by atoms with van der Waals surface area (Å²) >= 11 is 0. The number of aromatic amines is 1. The Labute approximate surface area is 237 Å². The fourth-order valence-corrected chi connectivity index (χ4v) is 5.83. The van der Waals surface area contributed by atoms with Gasteiger partial charge in [0.1, 0.15) is 11.1 Å². The number of benzene rings is 2. The Morgan fingerprint density at radius 3 is 2.39 bits per heavy atom. The van der Waals surface area contributed by atoms with Gasteiger partial charge in [0.25, 0.3) is 11.5 Å². The minimum absolute atomic E-state index is 0.0357. The van der Waals surface area contributed by atoms with Crippen molar-refractivity contribution in [1.82, 2.24) is 19.4 Å². The molecule has 2 aromatic carbocycles. The third-order valence-electron chi connectivity index (χ3n) is 8.05. The monoisotopic (exact) mass is 549 g/mol. The van der Waals surface area contributed by atoms with Crippen molar-refractivity contribution in [2.75, 3.05) is 32.1 Å². The van der Waals surface area contributed by atoms with Crippen molar-refractivity contribution in [2.45, 2.75) is 25.4 Å². The second-order valence-electron chi connectivity index (χ2n) is 10.3. The molecule has 3 aromatic heterocycles. The van der Waals surface area contributed by atoms with Crippen LogP contribution in [0.3, 0.4) is 0 Å². The van der Waals surface area contributed by atoms with E-state index < -0.39 is 0 Å². The topological polar surface area (TPSA) is 101 Å². The molecule has 1 saturated heterocycles. The van der Waals surface area contributed by atoms with E-state index in [-0.39, 0.29) is 46.7 Å². The first kappa shape index (κ1) is 26.3. The predicted molar refractivity (Wildman–Crippen MR) is 159 cm³/mol. The van der Waals surface area contributed by atoms with Crippen molar-refractivity contribution in [3.63, 3.8) is 0 Å². The first-order valence-corrected chi connectivity index (χ1v) is 13.7. The number of methoxy groups -OCH3 is 1. The minimum atomic E-state index is -0.386. The Balaban J connectivity index is 1.35. The van der Waals surface area contributed by atoms with Gasteiger partial charge in [0.05, 0.1) is 24.7 Å². The van der Waals surface area contributed by atoms with Gasteiger partial charge in [-0.2, -0.15) is 0 Å². The Bertz CT molecular complexity index is 1790. The maximum atomic E-state index is 13.9. The number of aromatic nitrogens is 3. The molecule has 1 fully saturated rings. The molecule has 1 N–H and O–H groups in total. The molecule has 0 aliphatic carbocycles. The SMILES string of the molecule is COc1c(C(=O)N(C)C2CCN(c3ccncc3)CC2)[nH]c2c1c(=O)n(CC(=O)c1ccccc1)c1ccccc21. The summed E-state index contributed by atoms with van der Waals surface area (Å²) in [4.78, 5) is 52.3. The molecule has 5 aromatic rings. The number of fused-ring (bicyclic) bond motifs is 3. The smallest absolute Gasteiger partial charge is 0.274 e. The Kier molecular flexibility index (Phi) is 7.01. The van der Waals surface area contributed by atoms with Crippen LogP contribution in [0.1, 0.15) is 33.7 Å². The number of hydrogen-bond acceptors (Lipinski definition) is 6. The number of piperidine rings is 1. The number of para-hydroxylation sites is 1. The average Bonchev–Trinajstić information content (AvgIpc) is 3.43. The van der Waals surface area contributed by atoms with Crippen molar-refractivity contribution >= 4 is 39.2 Å². The number of nitrogens with one attached hydrogen (secondary N) is 1. The van der Waals surface area contributed by atoms with Crippen LogP contribution >= 0.6 is 0 Å². The number of amides is 1. The molecule has 0 radical (unpaired) electrons. The summed E-state index contributed by atoms with van der Waals surface area (Å²) in [5.74, 6) is -0.223.